The second kappa shape index (κ2) is 5.18. The van der Waals surface area contributed by atoms with Gasteiger partial charge in [-0.3, -0.25) is 4.79 Å². The zero-order valence-corrected chi connectivity index (χ0v) is 14.5. The van der Waals surface area contributed by atoms with Gasteiger partial charge in [-0.15, -0.1) is 0 Å². The molecule has 0 bridgehead atoms. The maximum absolute atomic E-state index is 13.0. The standard InChI is InChI=1S/C21H19ClN2O/c22-16-11-9-14(10-12-16)13-23-24-19(25)21-17-7-4-8-18(21)20(17,21)15-5-2-1-3-6-15/h1-3,5-6,9-13,17-18H,4,7-8H2,(H,24,25)/b23-13+/t17-,18+,20?,21?. The van der Waals surface area contributed by atoms with Crippen molar-refractivity contribution in [3.8, 4) is 0 Å². The molecule has 126 valence electrons. The lowest BCUT2D eigenvalue weighted by atomic mass is 9.77. The van der Waals surface area contributed by atoms with E-state index in [1.54, 1.807) is 6.21 Å². The van der Waals surface area contributed by atoms with Gasteiger partial charge in [0.2, 0.25) is 5.91 Å². The van der Waals surface area contributed by atoms with Crippen molar-refractivity contribution >= 4 is 23.7 Å². The number of carbonyl (C=O) groups excluding carboxylic acids is 1. The fourth-order valence-electron chi connectivity index (χ4n) is 5.70. The predicted molar refractivity (Wildman–Crippen MR) is 98.6 cm³/mol. The summed E-state index contributed by atoms with van der Waals surface area (Å²) in [5.74, 6) is 1.08. The van der Waals surface area contributed by atoms with E-state index in [0.717, 1.165) is 18.4 Å². The van der Waals surface area contributed by atoms with E-state index in [0.29, 0.717) is 16.9 Å². The highest BCUT2D eigenvalue weighted by atomic mass is 35.5. The lowest BCUT2D eigenvalue weighted by Gasteiger charge is -2.27. The Hall–Kier alpha value is -2.13. The summed E-state index contributed by atoms with van der Waals surface area (Å²) in [6.07, 6.45) is 5.22. The molecule has 4 heteroatoms. The maximum Gasteiger partial charge on any atom is 0.247 e. The summed E-state index contributed by atoms with van der Waals surface area (Å²) in [6, 6.07) is 18.0. The molecule has 0 heterocycles. The number of benzene rings is 2. The summed E-state index contributed by atoms with van der Waals surface area (Å²) < 4.78 is 0. The number of carbonyl (C=O) groups is 1. The van der Waals surface area contributed by atoms with Crippen molar-refractivity contribution in [2.45, 2.75) is 24.7 Å². The molecule has 3 nitrogen and oxygen atoms in total. The van der Waals surface area contributed by atoms with E-state index in [2.05, 4.69) is 34.8 Å². The monoisotopic (exact) mass is 350 g/mol. The highest BCUT2D eigenvalue weighted by Gasteiger charge is 3.01. The smallest absolute Gasteiger partial charge is 0.247 e. The Balaban J connectivity index is 1.35. The van der Waals surface area contributed by atoms with Crippen molar-refractivity contribution in [1.82, 2.24) is 5.43 Å². The first kappa shape index (κ1) is 15.2. The molecule has 2 aromatic rings. The minimum Gasteiger partial charge on any atom is -0.272 e. The largest absolute Gasteiger partial charge is 0.272 e. The van der Waals surface area contributed by atoms with E-state index in [1.165, 1.54) is 12.0 Å². The normalized spacial score (nSPS) is 34.4. The molecule has 0 aromatic heterocycles. The molecule has 3 fully saturated rings. The number of nitrogens with one attached hydrogen (secondary N) is 1. The van der Waals surface area contributed by atoms with Crippen molar-refractivity contribution in [2.75, 3.05) is 0 Å². The van der Waals surface area contributed by atoms with Gasteiger partial charge in [-0.25, -0.2) is 5.43 Å². The molecular formula is C21H19ClN2O. The van der Waals surface area contributed by atoms with Crippen molar-refractivity contribution in [2.24, 2.45) is 22.4 Å². The van der Waals surface area contributed by atoms with Crippen LogP contribution >= 0.6 is 11.6 Å². The van der Waals surface area contributed by atoms with Crippen LogP contribution in [0.4, 0.5) is 0 Å². The summed E-state index contributed by atoms with van der Waals surface area (Å²) in [5, 5.41) is 4.88. The third-order valence-corrected chi connectivity index (χ3v) is 6.83. The molecule has 0 saturated heterocycles. The Morgan fingerprint density at radius 2 is 1.76 bits per heavy atom. The Morgan fingerprint density at radius 1 is 1.08 bits per heavy atom. The highest BCUT2D eigenvalue weighted by Crippen LogP contribution is 2.97. The number of hydrogen-bond acceptors (Lipinski definition) is 2. The van der Waals surface area contributed by atoms with Gasteiger partial charge in [-0.1, -0.05) is 60.5 Å². The number of hydrazone groups is 1. The minimum absolute atomic E-state index is 0.0897. The van der Waals surface area contributed by atoms with E-state index in [-0.39, 0.29) is 16.7 Å². The average Bonchev–Trinajstić information content (AvgIpc) is 3.51. The second-order valence-corrected chi connectivity index (χ2v) is 7.83. The van der Waals surface area contributed by atoms with Crippen LogP contribution in [0.1, 0.15) is 30.4 Å². The molecule has 0 spiro atoms. The first-order valence-electron chi connectivity index (χ1n) is 8.87. The molecule has 5 rings (SSSR count). The van der Waals surface area contributed by atoms with Crippen LogP contribution in [0, 0.1) is 17.3 Å². The molecule has 1 N–H and O–H groups in total. The van der Waals surface area contributed by atoms with Gasteiger partial charge in [-0.2, -0.15) is 5.10 Å². The van der Waals surface area contributed by atoms with Crippen LogP contribution in [0.3, 0.4) is 0 Å². The Bertz CT molecular complexity index is 847. The van der Waals surface area contributed by atoms with E-state index in [9.17, 15) is 4.79 Å². The van der Waals surface area contributed by atoms with Gasteiger partial charge >= 0.3 is 0 Å². The van der Waals surface area contributed by atoms with Crippen LogP contribution in [-0.4, -0.2) is 12.1 Å². The van der Waals surface area contributed by atoms with Gasteiger partial charge in [0.05, 0.1) is 11.6 Å². The number of rotatable bonds is 4. The zero-order valence-electron chi connectivity index (χ0n) is 13.8. The van der Waals surface area contributed by atoms with E-state index in [1.807, 2.05) is 30.3 Å². The molecule has 0 aliphatic heterocycles. The van der Waals surface area contributed by atoms with Gasteiger partial charge in [0.1, 0.15) is 0 Å². The Labute approximate surface area is 152 Å². The molecular weight excluding hydrogens is 332 g/mol. The highest BCUT2D eigenvalue weighted by molar-refractivity contribution is 6.30. The van der Waals surface area contributed by atoms with Crippen LogP contribution in [0.15, 0.2) is 59.7 Å². The summed E-state index contributed by atoms with van der Waals surface area (Å²) in [5.41, 5.74) is 4.95. The van der Waals surface area contributed by atoms with E-state index < -0.39 is 0 Å². The summed E-state index contributed by atoms with van der Waals surface area (Å²) in [6.45, 7) is 0. The predicted octanol–water partition coefficient (Wildman–Crippen LogP) is 4.16. The molecule has 3 aliphatic rings. The van der Waals surface area contributed by atoms with Crippen molar-refractivity contribution < 1.29 is 4.79 Å². The quantitative estimate of drug-likeness (QED) is 0.653. The van der Waals surface area contributed by atoms with E-state index in [4.69, 9.17) is 11.6 Å². The van der Waals surface area contributed by atoms with Crippen LogP contribution in [0.2, 0.25) is 5.02 Å². The van der Waals surface area contributed by atoms with Crippen LogP contribution in [0.25, 0.3) is 0 Å². The fourth-order valence-corrected chi connectivity index (χ4v) is 5.82. The molecule has 3 aliphatic carbocycles. The molecule has 0 radical (unpaired) electrons. The number of hydrogen-bond donors (Lipinski definition) is 1. The van der Waals surface area contributed by atoms with Crippen LogP contribution < -0.4 is 5.43 Å². The summed E-state index contributed by atoms with van der Waals surface area (Å²) >= 11 is 5.88. The first-order valence-corrected chi connectivity index (χ1v) is 9.24. The summed E-state index contributed by atoms with van der Waals surface area (Å²) in [7, 11) is 0. The lowest BCUT2D eigenvalue weighted by Crippen LogP contribution is -2.31. The number of fused-ring (bicyclic) bond motifs is 2. The third kappa shape index (κ3) is 1.82. The van der Waals surface area contributed by atoms with Gasteiger partial charge in [0.15, 0.2) is 0 Å². The van der Waals surface area contributed by atoms with E-state index >= 15 is 0 Å². The number of amides is 1. The Kier molecular flexibility index (Phi) is 3.14. The second-order valence-electron chi connectivity index (χ2n) is 7.39. The average molecular weight is 351 g/mol. The van der Waals surface area contributed by atoms with Gasteiger partial charge < -0.3 is 0 Å². The van der Waals surface area contributed by atoms with Crippen molar-refractivity contribution in [3.63, 3.8) is 0 Å². The zero-order chi connectivity index (χ0) is 17.1. The Morgan fingerprint density at radius 3 is 2.44 bits per heavy atom. The first-order chi connectivity index (χ1) is 12.2. The molecule has 4 atom stereocenters. The van der Waals surface area contributed by atoms with Gasteiger partial charge in [0.25, 0.3) is 0 Å². The van der Waals surface area contributed by atoms with Crippen molar-refractivity contribution in [1.29, 1.82) is 0 Å². The van der Waals surface area contributed by atoms with Crippen LogP contribution in [-0.2, 0) is 10.2 Å². The SMILES string of the molecule is O=C(N/N=C/c1ccc(Cl)cc1)C12[C@H]3CCC[C@@H]1C32c1ccccc1. The van der Waals surface area contributed by atoms with Gasteiger partial charge in [-0.05, 0) is 47.9 Å². The topological polar surface area (TPSA) is 41.5 Å². The van der Waals surface area contributed by atoms with Crippen LogP contribution in [0.5, 0.6) is 0 Å². The van der Waals surface area contributed by atoms with Crippen molar-refractivity contribution in [3.05, 3.63) is 70.7 Å². The molecule has 2 unspecified atom stereocenters. The molecule has 25 heavy (non-hydrogen) atoms. The maximum atomic E-state index is 13.0. The number of halogens is 1. The lowest BCUT2D eigenvalue weighted by molar-refractivity contribution is -0.126. The molecule has 1 amide bonds. The number of nitrogens with zero attached hydrogens (tertiary/aromatic N) is 1. The third-order valence-electron chi connectivity index (χ3n) is 6.58. The molecule has 3 saturated carbocycles. The fraction of sp³-hybridized carbons (Fsp3) is 0.333. The molecule has 2 aromatic carbocycles. The summed E-state index contributed by atoms with van der Waals surface area (Å²) in [4.78, 5) is 13.0. The minimum atomic E-state index is -0.204. The van der Waals surface area contributed by atoms with Gasteiger partial charge in [0, 0.05) is 10.4 Å².